The molecule has 1 aromatic carbocycles. The Kier molecular flexibility index (Phi) is 1.47. The Balaban J connectivity index is 2.96. The maximum Gasteiger partial charge on any atom is 0.131 e. The fraction of sp³-hybridized carbons (Fsp3) is 0.100. The lowest BCUT2D eigenvalue weighted by Gasteiger charge is -2.02. The van der Waals surface area contributed by atoms with Crippen LogP contribution in [0.3, 0.4) is 0 Å². The molecular weight excluding hydrogens is 148 g/mol. The number of anilines is 1. The summed E-state index contributed by atoms with van der Waals surface area (Å²) in [4.78, 5) is 4.05. The van der Waals surface area contributed by atoms with Crippen LogP contribution < -0.4 is 5.73 Å². The topological polar surface area (TPSA) is 38.9 Å². The van der Waals surface area contributed by atoms with Gasteiger partial charge in [-0.15, -0.1) is 0 Å². The molecule has 2 aromatic rings. The van der Waals surface area contributed by atoms with Crippen molar-refractivity contribution >= 4 is 16.6 Å². The van der Waals surface area contributed by atoms with Crippen LogP contribution in [0.1, 0.15) is 5.56 Å². The molecule has 0 aliphatic carbocycles. The number of fused-ring (bicyclic) bond motifs is 1. The van der Waals surface area contributed by atoms with E-state index in [-0.39, 0.29) is 0 Å². The predicted octanol–water partition coefficient (Wildman–Crippen LogP) is 2.13. The van der Waals surface area contributed by atoms with Crippen molar-refractivity contribution in [3.05, 3.63) is 36.0 Å². The second kappa shape index (κ2) is 2.48. The molecular formula is C10H10N2. The number of nitrogens with zero attached hydrogens (tertiary/aromatic N) is 1. The fourth-order valence-corrected chi connectivity index (χ4v) is 1.44. The molecule has 12 heavy (non-hydrogen) atoms. The van der Waals surface area contributed by atoms with Gasteiger partial charge in [0.15, 0.2) is 0 Å². The molecule has 0 aliphatic rings. The largest absolute Gasteiger partial charge is 0.383 e. The van der Waals surface area contributed by atoms with Crippen LogP contribution in [-0.2, 0) is 0 Å². The van der Waals surface area contributed by atoms with Crippen LogP contribution in [-0.4, -0.2) is 4.98 Å². The van der Waals surface area contributed by atoms with Crippen LogP contribution in [0.15, 0.2) is 30.5 Å². The lowest BCUT2D eigenvalue weighted by atomic mass is 10.1. The standard InChI is InChI=1S/C10H10N2/c1-7-3-2-4-8-5-6-12-10(11)9(7)8/h2-6H,1H3,(H2,11,12). The zero-order valence-electron chi connectivity index (χ0n) is 6.91. The highest BCUT2D eigenvalue weighted by atomic mass is 14.8. The van der Waals surface area contributed by atoms with Gasteiger partial charge in [-0.05, 0) is 23.9 Å². The summed E-state index contributed by atoms with van der Waals surface area (Å²) in [5.41, 5.74) is 6.92. The van der Waals surface area contributed by atoms with Crippen molar-refractivity contribution in [2.24, 2.45) is 0 Å². The van der Waals surface area contributed by atoms with Gasteiger partial charge in [0.25, 0.3) is 0 Å². The quantitative estimate of drug-likeness (QED) is 0.637. The number of nitrogens with two attached hydrogens (primary N) is 1. The summed E-state index contributed by atoms with van der Waals surface area (Å²) in [6.07, 6.45) is 1.73. The Hall–Kier alpha value is -1.57. The molecule has 0 bridgehead atoms. The highest BCUT2D eigenvalue weighted by Gasteiger charge is 1.99. The van der Waals surface area contributed by atoms with Crippen LogP contribution in [0.4, 0.5) is 5.82 Å². The van der Waals surface area contributed by atoms with Crippen molar-refractivity contribution in [2.75, 3.05) is 5.73 Å². The Morgan fingerprint density at radius 3 is 2.83 bits per heavy atom. The van der Waals surface area contributed by atoms with E-state index in [4.69, 9.17) is 5.73 Å². The van der Waals surface area contributed by atoms with Crippen molar-refractivity contribution in [3.63, 3.8) is 0 Å². The monoisotopic (exact) mass is 158 g/mol. The number of pyridine rings is 1. The summed E-state index contributed by atoms with van der Waals surface area (Å²) in [6.45, 7) is 2.04. The third-order valence-corrected chi connectivity index (χ3v) is 2.03. The van der Waals surface area contributed by atoms with Crippen molar-refractivity contribution in [3.8, 4) is 0 Å². The van der Waals surface area contributed by atoms with Gasteiger partial charge in [-0.1, -0.05) is 18.2 Å². The summed E-state index contributed by atoms with van der Waals surface area (Å²) in [6, 6.07) is 8.08. The van der Waals surface area contributed by atoms with Crippen LogP contribution in [0.5, 0.6) is 0 Å². The average molecular weight is 158 g/mol. The Bertz CT molecular complexity index is 384. The molecule has 1 heterocycles. The van der Waals surface area contributed by atoms with Gasteiger partial charge in [0.2, 0.25) is 0 Å². The maximum absolute atomic E-state index is 5.75. The molecule has 0 fully saturated rings. The first-order valence-electron chi connectivity index (χ1n) is 3.89. The van der Waals surface area contributed by atoms with E-state index in [0.717, 1.165) is 10.8 Å². The number of hydrogen-bond acceptors (Lipinski definition) is 2. The van der Waals surface area contributed by atoms with Gasteiger partial charge in [0.05, 0.1) is 0 Å². The normalized spacial score (nSPS) is 10.4. The van der Waals surface area contributed by atoms with E-state index >= 15 is 0 Å². The lowest BCUT2D eigenvalue weighted by Crippen LogP contribution is -1.92. The number of rotatable bonds is 0. The third-order valence-electron chi connectivity index (χ3n) is 2.03. The third kappa shape index (κ3) is 0.925. The first-order chi connectivity index (χ1) is 5.79. The zero-order chi connectivity index (χ0) is 8.55. The molecule has 0 aliphatic heterocycles. The summed E-state index contributed by atoms with van der Waals surface area (Å²) in [5.74, 6) is 0.616. The van der Waals surface area contributed by atoms with E-state index in [1.165, 1.54) is 5.56 Å². The minimum absolute atomic E-state index is 0.616. The summed E-state index contributed by atoms with van der Waals surface area (Å²) < 4.78 is 0. The molecule has 1 aromatic heterocycles. The smallest absolute Gasteiger partial charge is 0.131 e. The van der Waals surface area contributed by atoms with E-state index in [2.05, 4.69) is 4.98 Å². The van der Waals surface area contributed by atoms with Crippen LogP contribution in [0.25, 0.3) is 10.8 Å². The van der Waals surface area contributed by atoms with E-state index in [0.29, 0.717) is 5.82 Å². The minimum Gasteiger partial charge on any atom is -0.383 e. The average Bonchev–Trinajstić information content (AvgIpc) is 2.04. The molecule has 0 saturated heterocycles. The molecule has 2 nitrogen and oxygen atoms in total. The molecule has 60 valence electrons. The summed E-state index contributed by atoms with van der Waals surface area (Å²) in [7, 11) is 0. The highest BCUT2D eigenvalue weighted by molar-refractivity contribution is 5.93. The Labute approximate surface area is 71.0 Å². The lowest BCUT2D eigenvalue weighted by molar-refractivity contribution is 1.36. The predicted molar refractivity (Wildman–Crippen MR) is 50.9 cm³/mol. The number of aryl methyl sites for hydroxylation is 1. The van der Waals surface area contributed by atoms with E-state index in [1.54, 1.807) is 6.20 Å². The second-order valence-electron chi connectivity index (χ2n) is 2.87. The van der Waals surface area contributed by atoms with Crippen LogP contribution >= 0.6 is 0 Å². The molecule has 0 atom stereocenters. The number of nitrogen functional groups attached to an aromatic ring is 1. The van der Waals surface area contributed by atoms with Gasteiger partial charge in [-0.25, -0.2) is 4.98 Å². The zero-order valence-corrected chi connectivity index (χ0v) is 6.91. The second-order valence-corrected chi connectivity index (χ2v) is 2.87. The Morgan fingerprint density at radius 1 is 1.25 bits per heavy atom. The van der Waals surface area contributed by atoms with Crippen molar-refractivity contribution < 1.29 is 0 Å². The molecule has 0 spiro atoms. The molecule has 2 rings (SSSR count). The van der Waals surface area contributed by atoms with Crippen molar-refractivity contribution in [1.82, 2.24) is 4.98 Å². The summed E-state index contributed by atoms with van der Waals surface area (Å²) in [5, 5.41) is 2.22. The van der Waals surface area contributed by atoms with E-state index in [9.17, 15) is 0 Å². The number of hydrogen-bond donors (Lipinski definition) is 1. The summed E-state index contributed by atoms with van der Waals surface area (Å²) >= 11 is 0. The Morgan fingerprint density at radius 2 is 2.08 bits per heavy atom. The molecule has 2 heteroatoms. The van der Waals surface area contributed by atoms with Crippen LogP contribution in [0.2, 0.25) is 0 Å². The fourth-order valence-electron chi connectivity index (χ4n) is 1.44. The van der Waals surface area contributed by atoms with Crippen LogP contribution in [0, 0.1) is 6.92 Å². The van der Waals surface area contributed by atoms with Gasteiger partial charge < -0.3 is 5.73 Å². The van der Waals surface area contributed by atoms with Crippen molar-refractivity contribution in [2.45, 2.75) is 6.92 Å². The number of benzene rings is 1. The van der Waals surface area contributed by atoms with E-state index < -0.39 is 0 Å². The van der Waals surface area contributed by atoms with E-state index in [1.807, 2.05) is 31.2 Å². The van der Waals surface area contributed by atoms with Gasteiger partial charge in [-0.2, -0.15) is 0 Å². The minimum atomic E-state index is 0.616. The molecule has 0 amide bonds. The first kappa shape index (κ1) is 7.10. The molecule has 0 radical (unpaired) electrons. The van der Waals surface area contributed by atoms with Crippen molar-refractivity contribution in [1.29, 1.82) is 0 Å². The maximum atomic E-state index is 5.75. The SMILES string of the molecule is Cc1cccc2ccnc(N)c12. The van der Waals surface area contributed by atoms with Gasteiger partial charge in [0.1, 0.15) is 5.82 Å². The molecule has 0 unspecified atom stereocenters. The molecule has 0 saturated carbocycles. The highest BCUT2D eigenvalue weighted by Crippen LogP contribution is 2.21. The number of aromatic nitrogens is 1. The van der Waals surface area contributed by atoms with Gasteiger partial charge in [-0.3, -0.25) is 0 Å². The molecule has 2 N–H and O–H groups in total. The van der Waals surface area contributed by atoms with Gasteiger partial charge in [0, 0.05) is 11.6 Å². The first-order valence-corrected chi connectivity index (χ1v) is 3.89. The van der Waals surface area contributed by atoms with Gasteiger partial charge >= 0.3 is 0 Å².